The van der Waals surface area contributed by atoms with Crippen molar-refractivity contribution < 1.29 is 4.74 Å². The highest BCUT2D eigenvalue weighted by molar-refractivity contribution is 6.33. The van der Waals surface area contributed by atoms with Crippen molar-refractivity contribution in [1.82, 2.24) is 9.38 Å². The molecule has 5 nitrogen and oxygen atoms in total. The Balaban J connectivity index is 2.06. The van der Waals surface area contributed by atoms with Crippen LogP contribution in [-0.2, 0) is 0 Å². The average Bonchev–Trinajstić information content (AvgIpc) is 2.81. The summed E-state index contributed by atoms with van der Waals surface area (Å²) >= 11 is 6.14. The first-order chi connectivity index (χ1) is 10.6. The molecule has 2 aromatic heterocycles. The van der Waals surface area contributed by atoms with Crippen molar-refractivity contribution in [2.45, 2.75) is 13.8 Å². The van der Waals surface area contributed by atoms with Gasteiger partial charge in [-0.15, -0.1) is 10.2 Å². The first-order valence-electron chi connectivity index (χ1n) is 6.79. The van der Waals surface area contributed by atoms with Gasteiger partial charge in [0.25, 0.3) is 0 Å². The minimum Gasteiger partial charge on any atom is -0.497 e. The van der Waals surface area contributed by atoms with Crippen LogP contribution in [0.4, 0.5) is 11.5 Å². The number of azo groups is 1. The topological polar surface area (TPSA) is 51.2 Å². The number of hydrogen-bond acceptors (Lipinski definition) is 4. The SMILES string of the molecule is COc1ccc(Cl)c(N=Nc2c(C)nc3ccc(C)cn23)c1. The molecule has 3 rings (SSSR count). The number of pyridine rings is 1. The number of rotatable bonds is 3. The Morgan fingerprint density at radius 3 is 2.73 bits per heavy atom. The molecule has 0 fully saturated rings. The first kappa shape index (κ1) is 14.5. The zero-order valence-corrected chi connectivity index (χ0v) is 13.3. The molecule has 0 spiro atoms. The van der Waals surface area contributed by atoms with E-state index < -0.39 is 0 Å². The monoisotopic (exact) mass is 314 g/mol. The lowest BCUT2D eigenvalue weighted by Crippen LogP contribution is -1.85. The molecular weight excluding hydrogens is 300 g/mol. The Bertz CT molecular complexity index is 870. The number of halogens is 1. The molecule has 0 unspecified atom stereocenters. The van der Waals surface area contributed by atoms with Crippen LogP contribution in [0, 0.1) is 13.8 Å². The molecule has 1 aromatic carbocycles. The third-order valence-corrected chi connectivity index (χ3v) is 3.63. The van der Waals surface area contributed by atoms with E-state index in [1.807, 2.05) is 36.6 Å². The van der Waals surface area contributed by atoms with Crippen LogP contribution in [0.1, 0.15) is 11.3 Å². The van der Waals surface area contributed by atoms with Crippen LogP contribution in [0.15, 0.2) is 46.8 Å². The molecule has 0 radical (unpaired) electrons. The molecule has 0 saturated carbocycles. The summed E-state index contributed by atoms with van der Waals surface area (Å²) < 4.78 is 7.10. The quantitative estimate of drug-likeness (QED) is 0.637. The number of ether oxygens (including phenoxy) is 1. The van der Waals surface area contributed by atoms with E-state index in [0.29, 0.717) is 22.3 Å². The highest BCUT2D eigenvalue weighted by Crippen LogP contribution is 2.31. The van der Waals surface area contributed by atoms with Gasteiger partial charge in [-0.3, -0.25) is 4.40 Å². The lowest BCUT2D eigenvalue weighted by Gasteiger charge is -2.02. The standard InChI is InChI=1S/C16H15ClN4O/c1-10-4-7-15-18-11(2)16(21(15)9-10)20-19-14-8-12(22-3)5-6-13(14)17/h4-9H,1-3H3. The van der Waals surface area contributed by atoms with Crippen molar-refractivity contribution in [2.75, 3.05) is 7.11 Å². The minimum absolute atomic E-state index is 0.521. The smallest absolute Gasteiger partial charge is 0.182 e. The second-order valence-corrected chi connectivity index (χ2v) is 5.38. The second-order valence-electron chi connectivity index (χ2n) is 4.97. The number of imidazole rings is 1. The molecule has 112 valence electrons. The van der Waals surface area contributed by atoms with Gasteiger partial charge in [-0.1, -0.05) is 17.7 Å². The van der Waals surface area contributed by atoms with Gasteiger partial charge in [-0.2, -0.15) is 0 Å². The maximum atomic E-state index is 6.14. The zero-order chi connectivity index (χ0) is 15.7. The van der Waals surface area contributed by atoms with Crippen molar-refractivity contribution in [3.63, 3.8) is 0 Å². The Morgan fingerprint density at radius 2 is 1.95 bits per heavy atom. The van der Waals surface area contributed by atoms with Gasteiger partial charge in [0.2, 0.25) is 0 Å². The Labute approximate surface area is 133 Å². The summed E-state index contributed by atoms with van der Waals surface area (Å²) in [5.41, 5.74) is 3.34. The summed E-state index contributed by atoms with van der Waals surface area (Å²) in [5, 5.41) is 9.10. The molecule has 22 heavy (non-hydrogen) atoms. The minimum atomic E-state index is 0.521. The van der Waals surface area contributed by atoms with Gasteiger partial charge in [0.05, 0.1) is 17.8 Å². The molecule has 0 N–H and O–H groups in total. The van der Waals surface area contributed by atoms with Gasteiger partial charge in [0, 0.05) is 12.3 Å². The van der Waals surface area contributed by atoms with E-state index in [-0.39, 0.29) is 0 Å². The van der Waals surface area contributed by atoms with Crippen LogP contribution in [0.2, 0.25) is 5.02 Å². The highest BCUT2D eigenvalue weighted by atomic mass is 35.5. The van der Waals surface area contributed by atoms with Gasteiger partial charge in [0.1, 0.15) is 17.1 Å². The summed E-state index contributed by atoms with van der Waals surface area (Å²) in [6, 6.07) is 9.24. The Kier molecular flexibility index (Phi) is 3.81. The predicted octanol–water partition coefficient (Wildman–Crippen LogP) is 5.03. The number of methoxy groups -OCH3 is 1. The van der Waals surface area contributed by atoms with Crippen LogP contribution in [-0.4, -0.2) is 16.5 Å². The van der Waals surface area contributed by atoms with Crippen LogP contribution >= 0.6 is 11.6 Å². The van der Waals surface area contributed by atoms with E-state index in [2.05, 4.69) is 15.2 Å². The summed E-state index contributed by atoms with van der Waals surface area (Å²) in [7, 11) is 1.60. The average molecular weight is 315 g/mol. The summed E-state index contributed by atoms with van der Waals surface area (Å²) in [4.78, 5) is 4.47. The van der Waals surface area contributed by atoms with E-state index in [4.69, 9.17) is 16.3 Å². The fourth-order valence-electron chi connectivity index (χ4n) is 2.17. The van der Waals surface area contributed by atoms with E-state index in [0.717, 1.165) is 16.9 Å². The number of benzene rings is 1. The number of hydrogen-bond donors (Lipinski definition) is 0. The third-order valence-electron chi connectivity index (χ3n) is 3.31. The van der Waals surface area contributed by atoms with Crippen molar-refractivity contribution in [1.29, 1.82) is 0 Å². The summed E-state index contributed by atoms with van der Waals surface area (Å²) in [5.74, 6) is 1.38. The van der Waals surface area contributed by atoms with Crippen molar-refractivity contribution in [3.8, 4) is 5.75 Å². The first-order valence-corrected chi connectivity index (χ1v) is 7.17. The van der Waals surface area contributed by atoms with E-state index in [1.165, 1.54) is 0 Å². The summed E-state index contributed by atoms with van der Waals surface area (Å²) in [6.45, 7) is 3.93. The van der Waals surface area contributed by atoms with Gasteiger partial charge >= 0.3 is 0 Å². The normalized spacial score (nSPS) is 11.5. The number of fused-ring (bicyclic) bond motifs is 1. The molecule has 0 aliphatic carbocycles. The molecule has 3 aromatic rings. The number of aryl methyl sites for hydroxylation is 2. The van der Waals surface area contributed by atoms with Gasteiger partial charge < -0.3 is 4.74 Å². The van der Waals surface area contributed by atoms with E-state index in [1.54, 1.807) is 25.3 Å². The van der Waals surface area contributed by atoms with Gasteiger partial charge in [-0.05, 0) is 37.6 Å². The lowest BCUT2D eigenvalue weighted by molar-refractivity contribution is 0.415. The largest absolute Gasteiger partial charge is 0.497 e. The molecule has 0 bridgehead atoms. The van der Waals surface area contributed by atoms with Crippen molar-refractivity contribution in [3.05, 3.63) is 52.8 Å². The fourth-order valence-corrected chi connectivity index (χ4v) is 2.33. The molecule has 0 aliphatic rings. The van der Waals surface area contributed by atoms with Crippen molar-refractivity contribution >= 4 is 28.8 Å². The lowest BCUT2D eigenvalue weighted by atomic mass is 10.3. The van der Waals surface area contributed by atoms with E-state index in [9.17, 15) is 0 Å². The van der Waals surface area contributed by atoms with Gasteiger partial charge in [-0.25, -0.2) is 4.98 Å². The molecule has 0 saturated heterocycles. The summed E-state index contributed by atoms with van der Waals surface area (Å²) in [6.07, 6.45) is 1.98. The molecule has 0 atom stereocenters. The maximum absolute atomic E-state index is 6.14. The molecular formula is C16H15ClN4O. The molecule has 0 amide bonds. The highest BCUT2D eigenvalue weighted by Gasteiger charge is 2.08. The molecule has 2 heterocycles. The molecule has 0 aliphatic heterocycles. The Morgan fingerprint density at radius 1 is 1.14 bits per heavy atom. The van der Waals surface area contributed by atoms with Gasteiger partial charge in [0.15, 0.2) is 5.82 Å². The Hall–Kier alpha value is -2.40. The van der Waals surface area contributed by atoms with Crippen LogP contribution in [0.3, 0.4) is 0 Å². The number of nitrogens with zero attached hydrogens (tertiary/aromatic N) is 4. The predicted molar refractivity (Wildman–Crippen MR) is 86.8 cm³/mol. The second kappa shape index (κ2) is 5.77. The molecule has 6 heteroatoms. The zero-order valence-electron chi connectivity index (χ0n) is 12.5. The van der Waals surface area contributed by atoms with Crippen molar-refractivity contribution in [2.24, 2.45) is 10.2 Å². The van der Waals surface area contributed by atoms with E-state index >= 15 is 0 Å². The number of aromatic nitrogens is 2. The maximum Gasteiger partial charge on any atom is 0.182 e. The van der Waals surface area contributed by atoms with Crippen LogP contribution < -0.4 is 4.74 Å². The van der Waals surface area contributed by atoms with Crippen LogP contribution in [0.25, 0.3) is 5.65 Å². The fraction of sp³-hybridized carbons (Fsp3) is 0.188. The third kappa shape index (κ3) is 2.67. The van der Waals surface area contributed by atoms with Crippen LogP contribution in [0.5, 0.6) is 5.75 Å².